The molecule has 0 N–H and O–H groups in total. The predicted molar refractivity (Wildman–Crippen MR) is 69.9 cm³/mol. The molecule has 1 saturated heterocycles. The van der Waals surface area contributed by atoms with Crippen LogP contribution in [0, 0.1) is 11.6 Å². The maximum Gasteiger partial charge on any atom is 0.324 e. The fourth-order valence-electron chi connectivity index (χ4n) is 2.35. The van der Waals surface area contributed by atoms with E-state index in [2.05, 4.69) is 0 Å². The van der Waals surface area contributed by atoms with Gasteiger partial charge >= 0.3 is 5.97 Å². The van der Waals surface area contributed by atoms with Gasteiger partial charge in [0.25, 0.3) is 0 Å². The van der Waals surface area contributed by atoms with Crippen molar-refractivity contribution in [3.8, 4) is 0 Å². The lowest BCUT2D eigenvalue weighted by molar-refractivity contribution is -0.146. The van der Waals surface area contributed by atoms with Crippen LogP contribution in [-0.4, -0.2) is 37.9 Å². The number of ether oxygens (including phenoxy) is 1. The lowest BCUT2D eigenvalue weighted by Gasteiger charge is -2.22. The summed E-state index contributed by atoms with van der Waals surface area (Å²) in [5.74, 6) is -3.05. The first-order chi connectivity index (χ1) is 9.89. The molecule has 5 nitrogen and oxygen atoms in total. The second-order valence-corrected chi connectivity index (χ2v) is 6.40. The second-order valence-electron chi connectivity index (χ2n) is 4.58. The summed E-state index contributed by atoms with van der Waals surface area (Å²) in [7, 11) is -4.43. The molecule has 1 aliphatic rings. The number of benzene rings is 1. The topological polar surface area (TPSA) is 63.7 Å². The van der Waals surface area contributed by atoms with Gasteiger partial charge in [0, 0.05) is 6.54 Å². The largest absolute Gasteiger partial charge is 0.465 e. The summed E-state index contributed by atoms with van der Waals surface area (Å²) in [4.78, 5) is 10.8. The van der Waals surface area contributed by atoms with Crippen LogP contribution in [-0.2, 0) is 19.6 Å². The third-order valence-corrected chi connectivity index (χ3v) is 5.21. The highest BCUT2D eigenvalue weighted by Gasteiger charge is 2.42. The number of carbonyl (C=O) groups excluding carboxylic acids is 1. The number of sulfonamides is 1. The third-order valence-electron chi connectivity index (χ3n) is 3.25. The molecule has 8 heteroatoms. The molecular weight excluding hydrogens is 304 g/mol. The average molecular weight is 319 g/mol. The maximum atomic E-state index is 13.7. The van der Waals surface area contributed by atoms with E-state index in [1.807, 2.05) is 0 Å². The van der Waals surface area contributed by atoms with E-state index >= 15 is 0 Å². The number of halogens is 2. The molecule has 1 fully saturated rings. The van der Waals surface area contributed by atoms with Crippen LogP contribution in [0.2, 0.25) is 0 Å². The molecule has 0 amide bonds. The molecule has 0 aromatic heterocycles. The standard InChI is InChI=1S/C13H15F2NO4S/c1-2-20-13(17)11-7-4-8-16(11)21(18,19)12-9(14)5-3-6-10(12)15/h3,5-6,11H,2,4,7-8H2,1H3. The summed E-state index contributed by atoms with van der Waals surface area (Å²) >= 11 is 0. The number of rotatable bonds is 4. The Labute approximate surface area is 121 Å². The first-order valence-corrected chi connectivity index (χ1v) is 7.96. The van der Waals surface area contributed by atoms with Crippen molar-refractivity contribution in [1.29, 1.82) is 0 Å². The molecule has 1 unspecified atom stereocenters. The molecule has 2 rings (SSSR count). The van der Waals surface area contributed by atoms with Gasteiger partial charge in [0.05, 0.1) is 6.61 Å². The van der Waals surface area contributed by atoms with E-state index in [1.165, 1.54) is 0 Å². The third kappa shape index (κ3) is 2.91. The summed E-state index contributed by atoms with van der Waals surface area (Å²) < 4.78 is 57.9. The lowest BCUT2D eigenvalue weighted by Crippen LogP contribution is -2.41. The van der Waals surface area contributed by atoms with E-state index in [4.69, 9.17) is 4.74 Å². The monoisotopic (exact) mass is 319 g/mol. The molecule has 116 valence electrons. The van der Waals surface area contributed by atoms with Crippen LogP contribution >= 0.6 is 0 Å². The van der Waals surface area contributed by atoms with Gasteiger partial charge in [-0.2, -0.15) is 4.31 Å². The minimum atomic E-state index is -4.43. The predicted octanol–water partition coefficient (Wildman–Crippen LogP) is 1.68. The molecule has 0 spiro atoms. The van der Waals surface area contributed by atoms with Crippen molar-refractivity contribution in [2.75, 3.05) is 13.2 Å². The molecule has 0 bridgehead atoms. The highest BCUT2D eigenvalue weighted by Crippen LogP contribution is 2.29. The Hall–Kier alpha value is -1.54. The quantitative estimate of drug-likeness (QED) is 0.792. The minimum absolute atomic E-state index is 0.0274. The van der Waals surface area contributed by atoms with Crippen LogP contribution in [0.5, 0.6) is 0 Å². The van der Waals surface area contributed by atoms with Gasteiger partial charge < -0.3 is 4.74 Å². The van der Waals surface area contributed by atoms with Crippen LogP contribution < -0.4 is 0 Å². The average Bonchev–Trinajstić information content (AvgIpc) is 2.88. The molecule has 1 aromatic rings. The fourth-order valence-corrected chi connectivity index (χ4v) is 4.11. The van der Waals surface area contributed by atoms with Gasteiger partial charge in [-0.1, -0.05) is 6.07 Å². The van der Waals surface area contributed by atoms with Crippen molar-refractivity contribution in [1.82, 2.24) is 4.31 Å². The normalized spacial score (nSPS) is 19.7. The smallest absolute Gasteiger partial charge is 0.324 e. The molecule has 1 aliphatic heterocycles. The molecule has 1 aromatic carbocycles. The molecular formula is C13H15F2NO4S. The van der Waals surface area contributed by atoms with Gasteiger partial charge in [-0.3, -0.25) is 4.79 Å². The van der Waals surface area contributed by atoms with Crippen molar-refractivity contribution in [2.45, 2.75) is 30.7 Å². The van der Waals surface area contributed by atoms with Crippen molar-refractivity contribution in [3.05, 3.63) is 29.8 Å². The molecule has 0 saturated carbocycles. The molecule has 1 atom stereocenters. The van der Waals surface area contributed by atoms with Crippen molar-refractivity contribution >= 4 is 16.0 Å². The van der Waals surface area contributed by atoms with E-state index in [-0.39, 0.29) is 19.6 Å². The van der Waals surface area contributed by atoms with Crippen LogP contribution in [0.3, 0.4) is 0 Å². The number of carbonyl (C=O) groups is 1. The number of hydrogen-bond donors (Lipinski definition) is 0. The Balaban J connectivity index is 2.41. The number of esters is 1. The molecule has 21 heavy (non-hydrogen) atoms. The molecule has 0 aliphatic carbocycles. The Morgan fingerprint density at radius 3 is 2.57 bits per heavy atom. The van der Waals surface area contributed by atoms with Gasteiger partial charge in [-0.05, 0) is 31.9 Å². The zero-order valence-corrected chi connectivity index (χ0v) is 12.2. The summed E-state index contributed by atoms with van der Waals surface area (Å²) in [6.45, 7) is 1.74. The van der Waals surface area contributed by atoms with Crippen LogP contribution in [0.4, 0.5) is 8.78 Å². The van der Waals surface area contributed by atoms with Crippen LogP contribution in [0.25, 0.3) is 0 Å². The zero-order valence-electron chi connectivity index (χ0n) is 11.4. The maximum absolute atomic E-state index is 13.7. The lowest BCUT2D eigenvalue weighted by atomic mass is 10.2. The first-order valence-electron chi connectivity index (χ1n) is 6.52. The molecule has 0 radical (unpaired) electrons. The van der Waals surface area contributed by atoms with Crippen LogP contribution in [0.15, 0.2) is 23.1 Å². The fraction of sp³-hybridized carbons (Fsp3) is 0.462. The van der Waals surface area contributed by atoms with Crippen LogP contribution in [0.1, 0.15) is 19.8 Å². The summed E-state index contributed by atoms with van der Waals surface area (Å²) in [6, 6.07) is 1.78. The van der Waals surface area contributed by atoms with Crippen molar-refractivity contribution in [2.24, 2.45) is 0 Å². The Kier molecular flexibility index (Phi) is 4.58. The first kappa shape index (κ1) is 15.8. The van der Waals surface area contributed by atoms with E-state index in [0.717, 1.165) is 22.5 Å². The van der Waals surface area contributed by atoms with Gasteiger partial charge in [0.2, 0.25) is 10.0 Å². The number of nitrogens with zero attached hydrogens (tertiary/aromatic N) is 1. The van der Waals surface area contributed by atoms with Gasteiger partial charge in [0.15, 0.2) is 4.90 Å². The zero-order chi connectivity index (χ0) is 15.6. The highest BCUT2D eigenvalue weighted by atomic mass is 32.2. The summed E-state index contributed by atoms with van der Waals surface area (Å²) in [5.41, 5.74) is 0. The minimum Gasteiger partial charge on any atom is -0.465 e. The van der Waals surface area contributed by atoms with Crippen molar-refractivity contribution in [3.63, 3.8) is 0 Å². The Bertz CT molecular complexity index is 627. The van der Waals surface area contributed by atoms with Gasteiger partial charge in [0.1, 0.15) is 17.7 Å². The van der Waals surface area contributed by atoms with E-state index in [0.29, 0.717) is 6.42 Å². The Morgan fingerprint density at radius 2 is 2.00 bits per heavy atom. The Morgan fingerprint density at radius 1 is 1.38 bits per heavy atom. The summed E-state index contributed by atoms with van der Waals surface area (Å²) in [5, 5.41) is 0. The van der Waals surface area contributed by atoms with E-state index in [9.17, 15) is 22.0 Å². The highest BCUT2D eigenvalue weighted by molar-refractivity contribution is 7.89. The summed E-state index contributed by atoms with van der Waals surface area (Å²) in [6.07, 6.45) is 0.701. The SMILES string of the molecule is CCOC(=O)C1CCCN1S(=O)(=O)c1c(F)cccc1F. The van der Waals surface area contributed by atoms with E-state index in [1.54, 1.807) is 6.92 Å². The molecule has 1 heterocycles. The van der Waals surface area contributed by atoms with Crippen molar-refractivity contribution < 1.29 is 26.7 Å². The number of hydrogen-bond acceptors (Lipinski definition) is 4. The van der Waals surface area contributed by atoms with Gasteiger partial charge in [-0.15, -0.1) is 0 Å². The van der Waals surface area contributed by atoms with E-state index < -0.39 is 38.6 Å². The van der Waals surface area contributed by atoms with Gasteiger partial charge in [-0.25, -0.2) is 17.2 Å². The second kappa shape index (κ2) is 6.07.